The zero-order valence-corrected chi connectivity index (χ0v) is 11.5. The predicted molar refractivity (Wildman–Crippen MR) is 72.7 cm³/mol. The molecule has 7 nitrogen and oxygen atoms in total. The standard InChI is InChI=1S/C11H4ClFN4O3S/c12-9-6(13)1-4-8(18)5(11(19)20)2-17(10(4)14-9)7-3-21-16-15-7/h1-3H,(H,19,20). The molecule has 10 heteroatoms. The lowest BCUT2D eigenvalue weighted by molar-refractivity contribution is 0.0695. The van der Waals surface area contributed by atoms with Gasteiger partial charge in [-0.15, -0.1) is 5.10 Å². The third kappa shape index (κ3) is 2.16. The maximum atomic E-state index is 13.5. The quantitative estimate of drug-likeness (QED) is 0.720. The summed E-state index contributed by atoms with van der Waals surface area (Å²) in [5.74, 6) is -2.09. The molecule has 0 radical (unpaired) electrons. The van der Waals surface area contributed by atoms with Gasteiger partial charge >= 0.3 is 5.97 Å². The van der Waals surface area contributed by atoms with Gasteiger partial charge in [0.2, 0.25) is 5.43 Å². The lowest BCUT2D eigenvalue weighted by Crippen LogP contribution is -2.19. The molecule has 3 aromatic heterocycles. The van der Waals surface area contributed by atoms with Gasteiger partial charge in [-0.2, -0.15) is 0 Å². The van der Waals surface area contributed by atoms with Crippen LogP contribution in [0.1, 0.15) is 10.4 Å². The smallest absolute Gasteiger partial charge is 0.341 e. The number of carboxylic acids is 1. The second-order valence-electron chi connectivity index (χ2n) is 3.94. The molecule has 1 N–H and O–H groups in total. The number of pyridine rings is 2. The second kappa shape index (κ2) is 4.86. The summed E-state index contributed by atoms with van der Waals surface area (Å²) in [5, 5.41) is 13.8. The highest BCUT2D eigenvalue weighted by Gasteiger charge is 2.19. The van der Waals surface area contributed by atoms with E-state index in [1.165, 1.54) is 9.95 Å². The predicted octanol–water partition coefficient (Wildman–Crippen LogP) is 1.73. The van der Waals surface area contributed by atoms with Crippen LogP contribution in [0.15, 0.2) is 22.4 Å². The van der Waals surface area contributed by atoms with Gasteiger partial charge < -0.3 is 5.11 Å². The highest BCUT2D eigenvalue weighted by Crippen LogP contribution is 2.20. The van der Waals surface area contributed by atoms with Crippen LogP contribution in [0.2, 0.25) is 5.15 Å². The van der Waals surface area contributed by atoms with Gasteiger partial charge in [0.05, 0.1) is 10.8 Å². The number of nitrogens with zero attached hydrogens (tertiary/aromatic N) is 4. The Morgan fingerprint density at radius 3 is 2.86 bits per heavy atom. The molecule has 3 heterocycles. The van der Waals surface area contributed by atoms with Crippen molar-refractivity contribution in [2.45, 2.75) is 0 Å². The van der Waals surface area contributed by atoms with E-state index in [0.29, 0.717) is 0 Å². The molecular weight excluding hydrogens is 323 g/mol. The van der Waals surface area contributed by atoms with E-state index in [1.807, 2.05) is 0 Å². The first-order valence-electron chi connectivity index (χ1n) is 5.41. The molecule has 21 heavy (non-hydrogen) atoms. The van der Waals surface area contributed by atoms with E-state index >= 15 is 0 Å². The van der Waals surface area contributed by atoms with Crippen LogP contribution >= 0.6 is 23.1 Å². The average Bonchev–Trinajstić information content (AvgIpc) is 2.95. The van der Waals surface area contributed by atoms with Gasteiger partial charge in [0, 0.05) is 6.20 Å². The topological polar surface area (TPSA) is 98.0 Å². The van der Waals surface area contributed by atoms with Crippen molar-refractivity contribution in [2.24, 2.45) is 0 Å². The van der Waals surface area contributed by atoms with E-state index in [9.17, 15) is 14.0 Å². The number of carbonyl (C=O) groups is 1. The summed E-state index contributed by atoms with van der Waals surface area (Å²) < 4.78 is 18.4. The first kappa shape index (κ1) is 13.6. The molecule has 0 saturated carbocycles. The van der Waals surface area contributed by atoms with Crippen LogP contribution in [-0.2, 0) is 0 Å². The Labute approximate surface area is 124 Å². The van der Waals surface area contributed by atoms with Gasteiger partial charge in [-0.25, -0.2) is 14.2 Å². The van der Waals surface area contributed by atoms with E-state index in [1.54, 1.807) is 0 Å². The summed E-state index contributed by atoms with van der Waals surface area (Å²) in [5.41, 5.74) is -1.37. The van der Waals surface area contributed by atoms with Gasteiger partial charge in [0.1, 0.15) is 5.56 Å². The summed E-state index contributed by atoms with van der Waals surface area (Å²) in [6.07, 6.45) is 1.06. The van der Waals surface area contributed by atoms with Gasteiger partial charge in [-0.05, 0) is 17.6 Å². The molecule has 0 atom stereocenters. The Balaban J connectivity index is 2.51. The minimum atomic E-state index is -1.44. The zero-order chi connectivity index (χ0) is 15.1. The van der Waals surface area contributed by atoms with Crippen molar-refractivity contribution in [3.8, 4) is 5.82 Å². The van der Waals surface area contributed by atoms with Gasteiger partial charge in [0.15, 0.2) is 22.4 Å². The minimum Gasteiger partial charge on any atom is -0.477 e. The molecule has 0 amide bonds. The number of carboxylic acid groups (broad SMARTS) is 1. The van der Waals surface area contributed by atoms with Crippen LogP contribution in [0.4, 0.5) is 4.39 Å². The third-order valence-electron chi connectivity index (χ3n) is 2.71. The van der Waals surface area contributed by atoms with Crippen molar-refractivity contribution in [1.29, 1.82) is 0 Å². The Morgan fingerprint density at radius 2 is 2.24 bits per heavy atom. The second-order valence-corrected chi connectivity index (χ2v) is 4.91. The van der Waals surface area contributed by atoms with Crippen LogP contribution in [0.3, 0.4) is 0 Å². The molecule has 0 saturated heterocycles. The largest absolute Gasteiger partial charge is 0.477 e. The molecule has 106 valence electrons. The van der Waals surface area contributed by atoms with Crippen molar-refractivity contribution in [3.05, 3.63) is 44.4 Å². The monoisotopic (exact) mass is 326 g/mol. The molecule has 3 rings (SSSR count). The SMILES string of the molecule is O=C(O)c1cn(-c2csnn2)c2nc(Cl)c(F)cc2c1=O. The fraction of sp³-hybridized carbons (Fsp3) is 0. The van der Waals surface area contributed by atoms with Crippen LogP contribution in [0.25, 0.3) is 16.9 Å². The summed E-state index contributed by atoms with van der Waals surface area (Å²) in [7, 11) is 0. The number of hydrogen-bond acceptors (Lipinski definition) is 6. The summed E-state index contributed by atoms with van der Waals surface area (Å²) in [6, 6.07) is 0.857. The molecule has 0 aliphatic carbocycles. The number of hydrogen-bond donors (Lipinski definition) is 1. The van der Waals surface area contributed by atoms with Crippen molar-refractivity contribution in [3.63, 3.8) is 0 Å². The van der Waals surface area contributed by atoms with E-state index in [0.717, 1.165) is 23.8 Å². The maximum Gasteiger partial charge on any atom is 0.341 e. The van der Waals surface area contributed by atoms with Crippen molar-refractivity contribution in [2.75, 3.05) is 0 Å². The molecule has 0 aliphatic rings. The van der Waals surface area contributed by atoms with E-state index in [-0.39, 0.29) is 16.9 Å². The molecule has 0 aliphatic heterocycles. The summed E-state index contributed by atoms with van der Waals surface area (Å²) in [6.45, 7) is 0. The van der Waals surface area contributed by atoms with Crippen molar-refractivity contribution < 1.29 is 14.3 Å². The molecule has 0 unspecified atom stereocenters. The van der Waals surface area contributed by atoms with Crippen LogP contribution in [0, 0.1) is 5.82 Å². The first-order chi connectivity index (χ1) is 9.99. The van der Waals surface area contributed by atoms with Crippen molar-refractivity contribution in [1.82, 2.24) is 19.1 Å². The fourth-order valence-electron chi connectivity index (χ4n) is 1.79. The summed E-state index contributed by atoms with van der Waals surface area (Å²) in [4.78, 5) is 27.0. The highest BCUT2D eigenvalue weighted by molar-refractivity contribution is 7.03. The Kier molecular flexibility index (Phi) is 3.15. The lowest BCUT2D eigenvalue weighted by Gasteiger charge is -2.08. The van der Waals surface area contributed by atoms with E-state index in [2.05, 4.69) is 14.6 Å². The molecule has 0 aromatic carbocycles. The number of rotatable bonds is 2. The minimum absolute atomic E-state index is 0.00380. The van der Waals surface area contributed by atoms with Crippen molar-refractivity contribution >= 4 is 40.1 Å². The third-order valence-corrected chi connectivity index (χ3v) is 3.47. The molecule has 0 spiro atoms. The Bertz CT molecular complexity index is 925. The van der Waals surface area contributed by atoms with Gasteiger partial charge in [-0.1, -0.05) is 16.1 Å². The number of halogens is 2. The van der Waals surface area contributed by atoms with E-state index in [4.69, 9.17) is 16.7 Å². The van der Waals surface area contributed by atoms with Crippen LogP contribution < -0.4 is 5.43 Å². The molecule has 0 fully saturated rings. The van der Waals surface area contributed by atoms with Gasteiger partial charge in [0.25, 0.3) is 0 Å². The zero-order valence-electron chi connectivity index (χ0n) is 9.95. The maximum absolute atomic E-state index is 13.5. The van der Waals surface area contributed by atoms with Gasteiger partial charge in [-0.3, -0.25) is 9.36 Å². The van der Waals surface area contributed by atoms with E-state index < -0.39 is 27.9 Å². The molecular formula is C11H4ClFN4O3S. The number of aromatic carboxylic acids is 1. The number of fused-ring (bicyclic) bond motifs is 1. The van der Waals surface area contributed by atoms with Crippen LogP contribution in [0.5, 0.6) is 0 Å². The number of aromatic nitrogens is 4. The average molecular weight is 327 g/mol. The Hall–Kier alpha value is -2.39. The lowest BCUT2D eigenvalue weighted by atomic mass is 10.2. The fourth-order valence-corrected chi connectivity index (χ4v) is 2.36. The first-order valence-corrected chi connectivity index (χ1v) is 6.62. The highest BCUT2D eigenvalue weighted by atomic mass is 35.5. The van der Waals surface area contributed by atoms with Crippen LogP contribution in [-0.4, -0.2) is 30.2 Å². The molecule has 0 bridgehead atoms. The normalized spacial score (nSPS) is 11.0. The Morgan fingerprint density at radius 1 is 1.48 bits per heavy atom. The summed E-state index contributed by atoms with van der Waals surface area (Å²) >= 11 is 6.65. The molecule has 3 aromatic rings.